The number of rotatable bonds is 37. The zero-order valence-electron chi connectivity index (χ0n) is 46.8. The number of carboxylic acids is 1. The molecule has 0 saturated carbocycles. The van der Waals surface area contributed by atoms with Gasteiger partial charge in [-0.2, -0.15) is 0 Å². The Morgan fingerprint density at radius 3 is 1.27 bits per heavy atom. The Labute approximate surface area is 492 Å². The molecule has 0 aliphatic heterocycles. The van der Waals surface area contributed by atoms with Gasteiger partial charge in [-0.15, -0.1) is 0 Å². The van der Waals surface area contributed by atoms with Crippen molar-refractivity contribution in [2.75, 3.05) is 13.2 Å². The van der Waals surface area contributed by atoms with E-state index >= 15 is 0 Å². The standard InChI is InChI=1S/C54H75N15O17/c1-27(71)44(53(85)86)69-47(79)34(8-5-21-61-54(59)60)63-48(80)37(23-29-9-13-31(72)14-10-29)65-49(81)36(22-28-6-3-2-4-7-28)66-52(84)40(26-70)68-51(83)39(25-43(58)76)67-50(82)38(24-30-11-15-32(73)16-12-30)64-46(78)35(18-20-42(57)75)62-45(77)33(55)17-19-41(56)74/h2-4,6-7,9-16,27,33-40,44,70-73H,5,8,17-26,55H2,1H3,(H2,56,74)(H2,57,75)(H2,58,76)(H,62,77)(H,63,80)(H,64,78)(H,65,81)(H,66,84)(H,67,82)(H,68,83)(H,69,79)(H,85,86)(H4,59,60,61)/t27-,33+,34+,35+,36+,37+,38+,39+,40+,44+/m1/s1. The summed E-state index contributed by atoms with van der Waals surface area (Å²) in [5.74, 6) is -13.9. The van der Waals surface area contributed by atoms with Gasteiger partial charge in [0.2, 0.25) is 65.0 Å². The number of guanidine groups is 1. The van der Waals surface area contributed by atoms with Crippen LogP contribution in [0.2, 0.25) is 0 Å². The van der Waals surface area contributed by atoms with Crippen molar-refractivity contribution in [2.24, 2.45) is 39.4 Å². The minimum absolute atomic E-state index is 0.0426. The van der Waals surface area contributed by atoms with Crippen LogP contribution in [0.3, 0.4) is 0 Å². The molecule has 0 aliphatic carbocycles. The van der Waals surface area contributed by atoms with Gasteiger partial charge < -0.3 is 102 Å². The van der Waals surface area contributed by atoms with Crippen molar-refractivity contribution >= 4 is 76.9 Å². The van der Waals surface area contributed by atoms with Gasteiger partial charge >= 0.3 is 5.97 Å². The van der Waals surface area contributed by atoms with Gasteiger partial charge in [0.1, 0.15) is 53.8 Å². The summed E-state index contributed by atoms with van der Waals surface area (Å²) in [6, 6.07) is 3.50. The van der Waals surface area contributed by atoms with Crippen LogP contribution in [-0.4, -0.2) is 176 Å². The molecule has 11 amide bonds. The van der Waals surface area contributed by atoms with E-state index in [1.165, 1.54) is 48.5 Å². The van der Waals surface area contributed by atoms with Crippen LogP contribution < -0.4 is 76.9 Å². The highest BCUT2D eigenvalue weighted by atomic mass is 16.4. The van der Waals surface area contributed by atoms with Crippen molar-refractivity contribution < 1.29 is 83.1 Å². The zero-order chi connectivity index (χ0) is 64.2. The highest BCUT2D eigenvalue weighted by molar-refractivity contribution is 5.99. The summed E-state index contributed by atoms with van der Waals surface area (Å²) in [4.78, 5) is 163. The van der Waals surface area contributed by atoms with Gasteiger partial charge in [-0.3, -0.25) is 57.7 Å². The molecule has 3 rings (SSSR count). The summed E-state index contributed by atoms with van der Waals surface area (Å²) in [6.45, 7) is -0.118. The SMILES string of the molecule is C[C@@H](O)[C@H](NC(=O)[C@H](CCCN=C(N)N)NC(=O)[C@H](Cc1ccc(O)cc1)NC(=O)[C@H](Cc1ccccc1)NC(=O)[C@H](CO)NC(=O)[C@H](CC(N)=O)NC(=O)[C@H](Cc1ccc(O)cc1)NC(=O)[C@H](CCC(N)=O)NC(=O)[C@@H](N)CCC(N)=O)C(=O)O. The number of amides is 11. The summed E-state index contributed by atoms with van der Waals surface area (Å²) >= 11 is 0. The first-order chi connectivity index (χ1) is 40.6. The molecule has 0 bridgehead atoms. The zero-order valence-corrected chi connectivity index (χ0v) is 46.8. The third-order valence-electron chi connectivity index (χ3n) is 12.8. The minimum atomic E-state index is -1.97. The highest BCUT2D eigenvalue weighted by Gasteiger charge is 2.36. The molecule has 32 nitrogen and oxygen atoms in total. The Balaban J connectivity index is 1.99. The predicted molar refractivity (Wildman–Crippen MR) is 304 cm³/mol. The highest BCUT2D eigenvalue weighted by Crippen LogP contribution is 2.15. The van der Waals surface area contributed by atoms with Crippen LogP contribution in [0, 0.1) is 0 Å². The monoisotopic (exact) mass is 1210 g/mol. The minimum Gasteiger partial charge on any atom is -0.508 e. The van der Waals surface area contributed by atoms with Crippen LogP contribution in [0.4, 0.5) is 0 Å². The molecule has 0 fully saturated rings. The van der Waals surface area contributed by atoms with Gasteiger partial charge in [0.15, 0.2) is 12.0 Å². The third kappa shape index (κ3) is 25.3. The second-order valence-corrected chi connectivity index (χ2v) is 19.8. The lowest BCUT2D eigenvalue weighted by Crippen LogP contribution is -2.62. The van der Waals surface area contributed by atoms with E-state index in [2.05, 4.69) is 47.5 Å². The molecule has 86 heavy (non-hydrogen) atoms. The van der Waals surface area contributed by atoms with E-state index in [1.807, 2.05) is 0 Å². The molecule has 0 spiro atoms. The summed E-state index contributed by atoms with van der Waals surface area (Å²) in [6.07, 6.45) is -5.15. The van der Waals surface area contributed by atoms with Gasteiger partial charge in [0, 0.05) is 38.6 Å². The number of nitrogens with zero attached hydrogens (tertiary/aromatic N) is 1. The molecule has 32 heteroatoms. The predicted octanol–water partition coefficient (Wildman–Crippen LogP) is -6.75. The maximum atomic E-state index is 14.5. The van der Waals surface area contributed by atoms with Crippen molar-refractivity contribution in [3.63, 3.8) is 0 Å². The fraction of sp³-hybridized carbons (Fsp3) is 0.426. The molecular formula is C54H75N15O17. The number of aromatic hydroxyl groups is 2. The van der Waals surface area contributed by atoms with Crippen molar-refractivity contribution in [2.45, 2.75) is 132 Å². The van der Waals surface area contributed by atoms with E-state index in [9.17, 15) is 83.1 Å². The second-order valence-electron chi connectivity index (χ2n) is 19.8. The Hall–Kier alpha value is -9.95. The average Bonchev–Trinajstić information content (AvgIpc) is 2.69. The van der Waals surface area contributed by atoms with E-state index < -0.39 is 164 Å². The molecular weight excluding hydrogens is 1130 g/mol. The molecule has 0 aliphatic rings. The maximum Gasteiger partial charge on any atom is 0.328 e. The second kappa shape index (κ2) is 35.2. The molecule has 0 aromatic heterocycles. The Morgan fingerprint density at radius 1 is 0.465 bits per heavy atom. The number of phenols is 2. The number of nitrogens with one attached hydrogen (secondary N) is 8. The van der Waals surface area contributed by atoms with Crippen LogP contribution in [0.1, 0.15) is 68.6 Å². The average molecular weight is 1210 g/mol. The topological polar surface area (TPSA) is 571 Å². The Bertz CT molecular complexity index is 2880. The number of carbonyl (C=O) groups excluding carboxylic acids is 11. The molecule has 0 heterocycles. The molecule has 3 aromatic rings. The maximum absolute atomic E-state index is 14.5. The van der Waals surface area contributed by atoms with E-state index in [1.54, 1.807) is 30.3 Å². The number of hydrogen-bond donors (Lipinski definition) is 19. The molecule has 0 radical (unpaired) electrons. The van der Waals surface area contributed by atoms with Crippen molar-refractivity contribution in [3.05, 3.63) is 95.6 Å². The normalized spacial score (nSPS) is 14.4. The van der Waals surface area contributed by atoms with E-state index in [0.717, 1.165) is 6.92 Å². The largest absolute Gasteiger partial charge is 0.508 e. The van der Waals surface area contributed by atoms with Crippen molar-refractivity contribution in [1.82, 2.24) is 42.5 Å². The smallest absolute Gasteiger partial charge is 0.328 e. The fourth-order valence-corrected chi connectivity index (χ4v) is 8.13. The van der Waals surface area contributed by atoms with E-state index in [4.69, 9.17) is 34.4 Å². The van der Waals surface area contributed by atoms with Crippen LogP contribution >= 0.6 is 0 Å². The van der Waals surface area contributed by atoms with Gasteiger partial charge in [-0.05, 0) is 73.6 Å². The van der Waals surface area contributed by atoms with Crippen LogP contribution in [0.5, 0.6) is 11.5 Å². The molecule has 468 valence electrons. The number of carbonyl (C=O) groups is 12. The molecule has 25 N–H and O–H groups in total. The number of hydrogen-bond acceptors (Lipinski definition) is 18. The number of benzene rings is 3. The van der Waals surface area contributed by atoms with Crippen LogP contribution in [0.25, 0.3) is 0 Å². The fourth-order valence-electron chi connectivity index (χ4n) is 8.13. The number of aliphatic carboxylic acids is 1. The lowest BCUT2D eigenvalue weighted by molar-refractivity contribution is -0.145. The first kappa shape index (κ1) is 70.3. The number of phenolic OH excluding ortho intramolecular Hbond substituents is 2. The van der Waals surface area contributed by atoms with Gasteiger partial charge in [-0.1, -0.05) is 54.6 Å². The number of aliphatic hydroxyl groups excluding tert-OH is 2. The number of aliphatic hydroxyl groups is 2. The first-order valence-electron chi connectivity index (χ1n) is 26.8. The summed E-state index contributed by atoms with van der Waals surface area (Å²) in [5.41, 5.74) is 33.8. The summed E-state index contributed by atoms with van der Waals surface area (Å²) in [5, 5.41) is 69.1. The van der Waals surface area contributed by atoms with Gasteiger partial charge in [0.05, 0.1) is 25.2 Å². The van der Waals surface area contributed by atoms with Gasteiger partial charge in [-0.25, -0.2) is 4.79 Å². The summed E-state index contributed by atoms with van der Waals surface area (Å²) in [7, 11) is 0. The van der Waals surface area contributed by atoms with Crippen LogP contribution in [0.15, 0.2) is 83.9 Å². The molecule has 0 saturated heterocycles. The number of carboxylic acid groups (broad SMARTS) is 1. The lowest BCUT2D eigenvalue weighted by atomic mass is 10.0. The third-order valence-corrected chi connectivity index (χ3v) is 12.8. The molecule has 0 unspecified atom stereocenters. The van der Waals surface area contributed by atoms with Gasteiger partial charge in [0.25, 0.3) is 0 Å². The number of nitrogens with two attached hydrogens (primary N) is 6. The lowest BCUT2D eigenvalue weighted by Gasteiger charge is -2.28. The number of aliphatic imine (C=N–C) groups is 1. The van der Waals surface area contributed by atoms with E-state index in [-0.39, 0.29) is 62.5 Å². The van der Waals surface area contributed by atoms with E-state index in [0.29, 0.717) is 16.7 Å². The first-order valence-corrected chi connectivity index (χ1v) is 26.8. The Kier molecular flexibility index (Phi) is 28.8. The van der Waals surface area contributed by atoms with Crippen molar-refractivity contribution in [3.8, 4) is 11.5 Å². The molecule has 3 aromatic carbocycles. The van der Waals surface area contributed by atoms with Crippen molar-refractivity contribution in [1.29, 1.82) is 0 Å². The quantitative estimate of drug-likeness (QED) is 0.0145. The van der Waals surface area contributed by atoms with Crippen LogP contribution in [-0.2, 0) is 76.8 Å². The summed E-state index contributed by atoms with van der Waals surface area (Å²) < 4.78 is 0. The molecule has 10 atom stereocenters. The number of primary amides is 3. The Morgan fingerprint density at radius 2 is 0.837 bits per heavy atom.